The standard InChI is InChI=1S/C15H24N2O4/c1-17-5-6-21-13(9-16)14(17)10-7-11(18-2)15(20-4)12(8-10)19-3/h7-8,13-14H,5-6,9,16H2,1-4H3. The van der Waals surface area contributed by atoms with Gasteiger partial charge in [0.2, 0.25) is 5.75 Å². The third kappa shape index (κ3) is 3.07. The van der Waals surface area contributed by atoms with E-state index < -0.39 is 0 Å². The summed E-state index contributed by atoms with van der Waals surface area (Å²) in [4.78, 5) is 2.24. The molecule has 0 bridgehead atoms. The van der Waals surface area contributed by atoms with E-state index in [0.29, 0.717) is 30.4 Å². The Morgan fingerprint density at radius 1 is 1.19 bits per heavy atom. The number of rotatable bonds is 5. The third-order valence-corrected chi connectivity index (χ3v) is 3.86. The monoisotopic (exact) mass is 296 g/mol. The van der Waals surface area contributed by atoms with Crippen molar-refractivity contribution in [3.8, 4) is 17.2 Å². The molecule has 0 aliphatic carbocycles. The van der Waals surface area contributed by atoms with Crippen LogP contribution in [0.2, 0.25) is 0 Å². The Hall–Kier alpha value is -1.50. The van der Waals surface area contributed by atoms with Crippen LogP contribution >= 0.6 is 0 Å². The predicted molar refractivity (Wildman–Crippen MR) is 80.3 cm³/mol. The maximum absolute atomic E-state index is 5.85. The van der Waals surface area contributed by atoms with Crippen LogP contribution in [0.5, 0.6) is 17.2 Å². The molecule has 1 aromatic rings. The average Bonchev–Trinajstić information content (AvgIpc) is 2.52. The Balaban J connectivity index is 2.46. The van der Waals surface area contributed by atoms with Crippen LogP contribution in [0.25, 0.3) is 0 Å². The van der Waals surface area contributed by atoms with Gasteiger partial charge in [-0.1, -0.05) is 0 Å². The molecule has 2 rings (SSSR count). The van der Waals surface area contributed by atoms with Gasteiger partial charge in [-0.2, -0.15) is 0 Å². The first-order valence-electron chi connectivity index (χ1n) is 6.98. The minimum Gasteiger partial charge on any atom is -0.493 e. The van der Waals surface area contributed by atoms with Gasteiger partial charge in [0.15, 0.2) is 11.5 Å². The Morgan fingerprint density at radius 3 is 2.29 bits per heavy atom. The van der Waals surface area contributed by atoms with Crippen molar-refractivity contribution in [1.29, 1.82) is 0 Å². The Bertz CT molecular complexity index is 456. The molecule has 0 radical (unpaired) electrons. The SMILES string of the molecule is COc1cc(C2C(CN)OCCN2C)cc(OC)c1OC. The number of hydrogen-bond donors (Lipinski definition) is 1. The summed E-state index contributed by atoms with van der Waals surface area (Å²) in [6.45, 7) is 2.02. The molecule has 1 aliphatic heterocycles. The number of likely N-dealkylation sites (N-methyl/N-ethyl adjacent to an activating group) is 1. The smallest absolute Gasteiger partial charge is 0.203 e. The third-order valence-electron chi connectivity index (χ3n) is 3.86. The molecule has 0 saturated carbocycles. The van der Waals surface area contributed by atoms with E-state index in [-0.39, 0.29) is 12.1 Å². The molecule has 118 valence electrons. The second kappa shape index (κ2) is 6.98. The van der Waals surface area contributed by atoms with Crippen molar-refractivity contribution in [2.75, 3.05) is 48.1 Å². The molecular formula is C15H24N2O4. The molecule has 1 saturated heterocycles. The maximum atomic E-state index is 5.85. The molecule has 2 N–H and O–H groups in total. The van der Waals surface area contributed by atoms with Gasteiger partial charge >= 0.3 is 0 Å². The average molecular weight is 296 g/mol. The molecule has 21 heavy (non-hydrogen) atoms. The zero-order valence-electron chi connectivity index (χ0n) is 13.1. The summed E-state index contributed by atoms with van der Waals surface area (Å²) >= 11 is 0. The first-order chi connectivity index (χ1) is 10.2. The van der Waals surface area contributed by atoms with Crippen LogP contribution in [0.3, 0.4) is 0 Å². The zero-order chi connectivity index (χ0) is 15.4. The highest BCUT2D eigenvalue weighted by Crippen LogP contribution is 2.41. The van der Waals surface area contributed by atoms with Gasteiger partial charge in [0.05, 0.1) is 40.1 Å². The topological polar surface area (TPSA) is 66.2 Å². The zero-order valence-corrected chi connectivity index (χ0v) is 13.1. The van der Waals surface area contributed by atoms with Crippen molar-refractivity contribution in [2.45, 2.75) is 12.1 Å². The number of benzene rings is 1. The highest BCUT2D eigenvalue weighted by atomic mass is 16.5. The number of ether oxygens (including phenoxy) is 4. The minimum atomic E-state index is -0.0495. The summed E-state index contributed by atoms with van der Waals surface area (Å²) in [7, 11) is 6.89. The summed E-state index contributed by atoms with van der Waals surface area (Å²) < 4.78 is 22.0. The van der Waals surface area contributed by atoms with E-state index in [1.165, 1.54) is 0 Å². The van der Waals surface area contributed by atoms with Crippen LogP contribution in [0.15, 0.2) is 12.1 Å². The van der Waals surface area contributed by atoms with Gasteiger partial charge in [0.1, 0.15) is 0 Å². The van der Waals surface area contributed by atoms with Gasteiger partial charge in [0.25, 0.3) is 0 Å². The highest BCUT2D eigenvalue weighted by Gasteiger charge is 2.32. The predicted octanol–water partition coefficient (Wildman–Crippen LogP) is 1.04. The molecule has 6 nitrogen and oxygen atoms in total. The number of hydrogen-bond acceptors (Lipinski definition) is 6. The lowest BCUT2D eigenvalue weighted by molar-refractivity contribution is -0.0577. The molecule has 1 aliphatic rings. The number of nitrogens with zero attached hydrogens (tertiary/aromatic N) is 1. The van der Waals surface area contributed by atoms with Crippen LogP contribution in [0, 0.1) is 0 Å². The summed E-state index contributed by atoms with van der Waals surface area (Å²) in [6.07, 6.45) is -0.0495. The van der Waals surface area contributed by atoms with E-state index in [9.17, 15) is 0 Å². The van der Waals surface area contributed by atoms with Gasteiger partial charge in [-0.3, -0.25) is 4.90 Å². The Labute approximate surface area is 125 Å². The van der Waals surface area contributed by atoms with E-state index in [4.69, 9.17) is 24.7 Å². The van der Waals surface area contributed by atoms with Crippen molar-refractivity contribution in [3.63, 3.8) is 0 Å². The second-order valence-electron chi connectivity index (χ2n) is 5.03. The Morgan fingerprint density at radius 2 is 1.81 bits per heavy atom. The number of morpholine rings is 1. The first kappa shape index (κ1) is 15.9. The lowest BCUT2D eigenvalue weighted by Crippen LogP contribution is -2.46. The van der Waals surface area contributed by atoms with Gasteiger partial charge in [0, 0.05) is 13.1 Å². The van der Waals surface area contributed by atoms with Gasteiger partial charge in [-0.05, 0) is 24.7 Å². The van der Waals surface area contributed by atoms with E-state index in [2.05, 4.69) is 11.9 Å². The summed E-state index contributed by atoms with van der Waals surface area (Å²) in [5, 5.41) is 0. The molecule has 0 spiro atoms. The maximum Gasteiger partial charge on any atom is 0.203 e. The summed E-state index contributed by atoms with van der Waals surface area (Å²) in [5.74, 6) is 1.87. The lowest BCUT2D eigenvalue weighted by Gasteiger charge is -2.39. The van der Waals surface area contributed by atoms with Crippen molar-refractivity contribution in [3.05, 3.63) is 17.7 Å². The van der Waals surface area contributed by atoms with Crippen LogP contribution < -0.4 is 19.9 Å². The quantitative estimate of drug-likeness (QED) is 0.876. The van der Waals surface area contributed by atoms with Crippen molar-refractivity contribution in [1.82, 2.24) is 4.90 Å². The van der Waals surface area contributed by atoms with Gasteiger partial charge in [-0.25, -0.2) is 0 Å². The molecular weight excluding hydrogens is 272 g/mol. The summed E-state index contributed by atoms with van der Waals surface area (Å²) in [5.41, 5.74) is 6.90. The van der Waals surface area contributed by atoms with Gasteiger partial charge in [-0.15, -0.1) is 0 Å². The van der Waals surface area contributed by atoms with Crippen molar-refractivity contribution in [2.24, 2.45) is 5.73 Å². The Kier molecular flexibility index (Phi) is 5.27. The molecule has 2 atom stereocenters. The molecule has 1 heterocycles. The molecule has 0 aromatic heterocycles. The number of nitrogens with two attached hydrogens (primary N) is 1. The fourth-order valence-corrected chi connectivity index (χ4v) is 2.80. The van der Waals surface area contributed by atoms with Crippen LogP contribution in [0.4, 0.5) is 0 Å². The highest BCUT2D eigenvalue weighted by molar-refractivity contribution is 5.54. The largest absolute Gasteiger partial charge is 0.493 e. The van der Waals surface area contributed by atoms with Crippen LogP contribution in [-0.4, -0.2) is 59.1 Å². The fourth-order valence-electron chi connectivity index (χ4n) is 2.80. The first-order valence-corrected chi connectivity index (χ1v) is 6.98. The molecule has 2 unspecified atom stereocenters. The van der Waals surface area contributed by atoms with E-state index in [1.54, 1.807) is 21.3 Å². The molecule has 6 heteroatoms. The van der Waals surface area contributed by atoms with Gasteiger partial charge < -0.3 is 24.7 Å². The van der Waals surface area contributed by atoms with E-state index in [0.717, 1.165) is 12.1 Å². The number of methoxy groups -OCH3 is 3. The normalized spacial score (nSPS) is 22.9. The van der Waals surface area contributed by atoms with Crippen LogP contribution in [0.1, 0.15) is 11.6 Å². The second-order valence-corrected chi connectivity index (χ2v) is 5.03. The van der Waals surface area contributed by atoms with E-state index >= 15 is 0 Å². The van der Waals surface area contributed by atoms with Crippen molar-refractivity contribution >= 4 is 0 Å². The molecule has 0 amide bonds. The fraction of sp³-hybridized carbons (Fsp3) is 0.600. The molecule has 1 fully saturated rings. The van der Waals surface area contributed by atoms with Crippen molar-refractivity contribution < 1.29 is 18.9 Å². The minimum absolute atomic E-state index is 0.0495. The van der Waals surface area contributed by atoms with E-state index in [1.807, 2.05) is 12.1 Å². The molecule has 1 aromatic carbocycles. The summed E-state index contributed by atoms with van der Waals surface area (Å²) in [6, 6.07) is 3.98. The lowest BCUT2D eigenvalue weighted by atomic mass is 9.97. The van der Waals surface area contributed by atoms with Crippen LogP contribution in [-0.2, 0) is 4.74 Å².